The van der Waals surface area contributed by atoms with Gasteiger partial charge in [0.15, 0.2) is 0 Å². The predicted molar refractivity (Wildman–Crippen MR) is 110 cm³/mol. The smallest absolute Gasteiger partial charge is 0.223 e. The highest BCUT2D eigenvalue weighted by atomic mass is 16.2. The van der Waals surface area contributed by atoms with Crippen molar-refractivity contribution in [3.05, 3.63) is 42.0 Å². The van der Waals surface area contributed by atoms with Crippen LogP contribution < -0.4 is 0 Å². The van der Waals surface area contributed by atoms with Gasteiger partial charge in [-0.05, 0) is 18.4 Å². The van der Waals surface area contributed by atoms with Crippen LogP contribution in [-0.4, -0.2) is 73.0 Å². The highest BCUT2D eigenvalue weighted by Crippen LogP contribution is 2.06. The number of amides is 1. The number of piperazine rings is 1. The summed E-state index contributed by atoms with van der Waals surface area (Å²) in [6.45, 7) is 12.3. The second-order valence-electron chi connectivity index (χ2n) is 7.09. The zero-order valence-electron chi connectivity index (χ0n) is 16.6. The van der Waals surface area contributed by atoms with E-state index in [1.807, 2.05) is 11.0 Å². The molecule has 1 aliphatic rings. The van der Waals surface area contributed by atoms with Crippen molar-refractivity contribution in [1.82, 2.24) is 14.7 Å². The van der Waals surface area contributed by atoms with E-state index in [0.717, 1.165) is 65.2 Å². The molecule has 1 aliphatic heterocycles. The largest absolute Gasteiger partial charge is 0.343 e. The molecule has 1 saturated heterocycles. The molecule has 0 spiro atoms. The SMILES string of the molecule is CCCN(CCC)C(=O)CCN1CCN(C/C=C/c2ccccc2)CC1. The highest BCUT2D eigenvalue weighted by molar-refractivity contribution is 5.76. The van der Waals surface area contributed by atoms with E-state index in [9.17, 15) is 4.79 Å². The Morgan fingerprint density at radius 2 is 1.62 bits per heavy atom. The molecule has 0 atom stereocenters. The molecule has 4 heteroatoms. The molecule has 0 aromatic heterocycles. The first kappa shape index (κ1) is 20.7. The van der Waals surface area contributed by atoms with Gasteiger partial charge in [0.05, 0.1) is 0 Å². The Kier molecular flexibility index (Phi) is 9.43. The molecule has 1 amide bonds. The van der Waals surface area contributed by atoms with Gasteiger partial charge in [-0.25, -0.2) is 0 Å². The Morgan fingerprint density at radius 1 is 1.00 bits per heavy atom. The Labute approximate surface area is 159 Å². The van der Waals surface area contributed by atoms with E-state index < -0.39 is 0 Å². The zero-order valence-corrected chi connectivity index (χ0v) is 16.6. The van der Waals surface area contributed by atoms with Gasteiger partial charge in [0.1, 0.15) is 0 Å². The highest BCUT2D eigenvalue weighted by Gasteiger charge is 2.18. The normalized spacial score (nSPS) is 16.2. The second-order valence-corrected chi connectivity index (χ2v) is 7.09. The van der Waals surface area contributed by atoms with Crippen molar-refractivity contribution in [2.75, 3.05) is 52.4 Å². The summed E-state index contributed by atoms with van der Waals surface area (Å²) in [4.78, 5) is 19.3. The first-order valence-electron chi connectivity index (χ1n) is 10.2. The minimum atomic E-state index is 0.321. The number of rotatable bonds is 10. The summed E-state index contributed by atoms with van der Waals surface area (Å²) >= 11 is 0. The fourth-order valence-electron chi connectivity index (χ4n) is 3.41. The molecule has 0 radical (unpaired) electrons. The summed E-state index contributed by atoms with van der Waals surface area (Å²) in [5, 5.41) is 0. The summed E-state index contributed by atoms with van der Waals surface area (Å²) in [5.41, 5.74) is 1.26. The molecule has 2 rings (SSSR count). The standard InChI is InChI=1S/C22H35N3O/c1-3-13-25(14-4-2)22(26)12-16-24-19-17-23(18-20-24)15-8-11-21-9-6-5-7-10-21/h5-11H,3-4,12-20H2,1-2H3/b11-8+. The van der Waals surface area contributed by atoms with Crippen LogP contribution in [0.25, 0.3) is 6.08 Å². The summed E-state index contributed by atoms with van der Waals surface area (Å²) in [7, 11) is 0. The van der Waals surface area contributed by atoms with Gasteiger partial charge in [0, 0.05) is 58.8 Å². The summed E-state index contributed by atoms with van der Waals surface area (Å²) in [6, 6.07) is 10.5. The number of benzene rings is 1. The van der Waals surface area contributed by atoms with Gasteiger partial charge >= 0.3 is 0 Å². The number of hydrogen-bond donors (Lipinski definition) is 0. The Balaban J connectivity index is 1.65. The van der Waals surface area contributed by atoms with Crippen molar-refractivity contribution >= 4 is 12.0 Å². The molecule has 1 fully saturated rings. The number of carbonyl (C=O) groups is 1. The van der Waals surface area contributed by atoms with Gasteiger partial charge in [-0.3, -0.25) is 9.69 Å². The Morgan fingerprint density at radius 3 is 2.23 bits per heavy atom. The van der Waals surface area contributed by atoms with Crippen LogP contribution in [0.1, 0.15) is 38.7 Å². The lowest BCUT2D eigenvalue weighted by Gasteiger charge is -2.34. The minimum Gasteiger partial charge on any atom is -0.343 e. The fourth-order valence-corrected chi connectivity index (χ4v) is 3.41. The van der Waals surface area contributed by atoms with Gasteiger partial charge in [0.25, 0.3) is 0 Å². The molecule has 1 aromatic carbocycles. The summed E-state index contributed by atoms with van der Waals surface area (Å²) in [6.07, 6.45) is 7.19. The molecule has 26 heavy (non-hydrogen) atoms. The van der Waals surface area contributed by atoms with E-state index in [-0.39, 0.29) is 0 Å². The van der Waals surface area contributed by atoms with Gasteiger partial charge in [0.2, 0.25) is 5.91 Å². The Hall–Kier alpha value is -1.65. The topological polar surface area (TPSA) is 26.8 Å². The molecule has 4 nitrogen and oxygen atoms in total. The average molecular weight is 358 g/mol. The molecule has 0 unspecified atom stereocenters. The van der Waals surface area contributed by atoms with E-state index >= 15 is 0 Å². The van der Waals surface area contributed by atoms with Gasteiger partial charge in [-0.15, -0.1) is 0 Å². The molecule has 0 saturated carbocycles. The molecule has 0 bridgehead atoms. The summed E-state index contributed by atoms with van der Waals surface area (Å²) < 4.78 is 0. The van der Waals surface area contributed by atoms with Crippen molar-refractivity contribution in [3.8, 4) is 0 Å². The Bertz CT molecular complexity index is 530. The molecule has 1 aromatic rings. The maximum absolute atomic E-state index is 12.4. The number of hydrogen-bond acceptors (Lipinski definition) is 3. The summed E-state index contributed by atoms with van der Waals surface area (Å²) in [5.74, 6) is 0.321. The van der Waals surface area contributed by atoms with E-state index in [0.29, 0.717) is 12.3 Å². The van der Waals surface area contributed by atoms with E-state index in [1.54, 1.807) is 0 Å². The molecular formula is C22H35N3O. The van der Waals surface area contributed by atoms with Crippen molar-refractivity contribution < 1.29 is 4.79 Å². The lowest BCUT2D eigenvalue weighted by molar-refractivity contribution is -0.131. The van der Waals surface area contributed by atoms with Gasteiger partial charge in [-0.2, -0.15) is 0 Å². The van der Waals surface area contributed by atoms with Crippen LogP contribution in [0, 0.1) is 0 Å². The predicted octanol–water partition coefficient (Wildman–Crippen LogP) is 3.36. The van der Waals surface area contributed by atoms with E-state index in [2.05, 4.69) is 60.1 Å². The lowest BCUT2D eigenvalue weighted by atomic mass is 10.2. The molecule has 0 aliphatic carbocycles. The van der Waals surface area contributed by atoms with E-state index in [1.165, 1.54) is 5.56 Å². The first-order valence-corrected chi connectivity index (χ1v) is 10.2. The number of carbonyl (C=O) groups excluding carboxylic acids is 1. The third-order valence-electron chi connectivity index (χ3n) is 4.92. The van der Waals surface area contributed by atoms with E-state index in [4.69, 9.17) is 0 Å². The van der Waals surface area contributed by atoms with Gasteiger partial charge < -0.3 is 9.80 Å². The molecule has 144 valence electrons. The van der Waals surface area contributed by atoms with Crippen LogP contribution in [0.3, 0.4) is 0 Å². The third kappa shape index (κ3) is 7.30. The van der Waals surface area contributed by atoms with Crippen LogP contribution in [0.4, 0.5) is 0 Å². The second kappa shape index (κ2) is 11.9. The van der Waals surface area contributed by atoms with Crippen LogP contribution in [0.2, 0.25) is 0 Å². The molecule has 1 heterocycles. The van der Waals surface area contributed by atoms with Gasteiger partial charge in [-0.1, -0.05) is 56.3 Å². The maximum Gasteiger partial charge on any atom is 0.223 e. The quantitative estimate of drug-likeness (QED) is 0.642. The van der Waals surface area contributed by atoms with Crippen LogP contribution in [0.15, 0.2) is 36.4 Å². The molecular weight excluding hydrogens is 322 g/mol. The molecule has 0 N–H and O–H groups in total. The van der Waals surface area contributed by atoms with Crippen LogP contribution in [-0.2, 0) is 4.79 Å². The van der Waals surface area contributed by atoms with Crippen molar-refractivity contribution in [3.63, 3.8) is 0 Å². The van der Waals surface area contributed by atoms with Crippen molar-refractivity contribution in [2.24, 2.45) is 0 Å². The van der Waals surface area contributed by atoms with Crippen LogP contribution >= 0.6 is 0 Å². The fraction of sp³-hybridized carbons (Fsp3) is 0.591. The lowest BCUT2D eigenvalue weighted by Crippen LogP contribution is -2.47. The first-order chi connectivity index (χ1) is 12.7. The van der Waals surface area contributed by atoms with Crippen molar-refractivity contribution in [2.45, 2.75) is 33.1 Å². The minimum absolute atomic E-state index is 0.321. The monoisotopic (exact) mass is 357 g/mol. The average Bonchev–Trinajstić information content (AvgIpc) is 2.68. The maximum atomic E-state index is 12.4. The zero-order chi connectivity index (χ0) is 18.6. The number of nitrogens with zero attached hydrogens (tertiary/aromatic N) is 3. The van der Waals surface area contributed by atoms with Crippen LogP contribution in [0.5, 0.6) is 0 Å². The third-order valence-corrected chi connectivity index (χ3v) is 4.92. The van der Waals surface area contributed by atoms with Crippen molar-refractivity contribution in [1.29, 1.82) is 0 Å².